The molecule has 3 aromatic heterocycles. The Labute approximate surface area is 207 Å². The number of aliphatic hydroxyl groups excluding tert-OH is 1. The van der Waals surface area contributed by atoms with Gasteiger partial charge in [0.05, 0.1) is 23.1 Å². The summed E-state index contributed by atoms with van der Waals surface area (Å²) in [5, 5.41) is 17.5. The lowest BCUT2D eigenvalue weighted by atomic mass is 10.0. The molecular weight excluding hydrogens is 486 g/mol. The Morgan fingerprint density at radius 2 is 1.86 bits per heavy atom. The van der Waals surface area contributed by atoms with E-state index in [0.717, 1.165) is 26.4 Å². The number of hydrogen-bond acceptors (Lipinski definition) is 8. The van der Waals surface area contributed by atoms with Crippen molar-refractivity contribution in [3.05, 3.63) is 78.2 Å². The number of aliphatic hydroxyl groups is 1. The van der Waals surface area contributed by atoms with Crippen molar-refractivity contribution in [1.82, 2.24) is 19.3 Å². The van der Waals surface area contributed by atoms with Crippen molar-refractivity contribution in [1.29, 1.82) is 0 Å². The number of nitrogens with zero attached hydrogens (tertiary/aromatic N) is 3. The van der Waals surface area contributed by atoms with E-state index >= 15 is 0 Å². The molecular formula is C24H25N5O4S2. The summed E-state index contributed by atoms with van der Waals surface area (Å²) in [5.74, 6) is -0.490. The Hall–Kier alpha value is -3.54. The predicted octanol–water partition coefficient (Wildman–Crippen LogP) is 3.42. The van der Waals surface area contributed by atoms with Gasteiger partial charge >= 0.3 is 0 Å². The summed E-state index contributed by atoms with van der Waals surface area (Å²) in [6.07, 6.45) is 5.01. The number of rotatable bonds is 9. The van der Waals surface area contributed by atoms with Crippen molar-refractivity contribution in [3.63, 3.8) is 0 Å². The molecule has 1 atom stereocenters. The topological polar surface area (TPSA) is 126 Å². The van der Waals surface area contributed by atoms with Crippen LogP contribution in [0.25, 0.3) is 22.4 Å². The lowest BCUT2D eigenvalue weighted by Crippen LogP contribution is -2.36. The van der Waals surface area contributed by atoms with Gasteiger partial charge in [-0.25, -0.2) is 13.4 Å². The Morgan fingerprint density at radius 3 is 2.60 bits per heavy atom. The van der Waals surface area contributed by atoms with Crippen LogP contribution < -0.4 is 10.6 Å². The molecule has 1 amide bonds. The molecule has 0 fully saturated rings. The van der Waals surface area contributed by atoms with Crippen LogP contribution in [-0.4, -0.2) is 51.4 Å². The first-order chi connectivity index (χ1) is 16.7. The minimum Gasteiger partial charge on any atom is -0.372 e. The molecule has 3 heterocycles. The molecule has 35 heavy (non-hydrogen) atoms. The number of aromatic nitrogens is 3. The number of nitrogens with one attached hydrogen (secondary N) is 2. The third-order valence-electron chi connectivity index (χ3n) is 5.24. The van der Waals surface area contributed by atoms with Crippen LogP contribution in [-0.2, 0) is 10.0 Å². The maximum Gasteiger partial charge on any atom is 0.253 e. The van der Waals surface area contributed by atoms with Crippen molar-refractivity contribution in [2.45, 2.75) is 25.3 Å². The van der Waals surface area contributed by atoms with Crippen LogP contribution in [0.1, 0.15) is 24.2 Å². The molecule has 0 saturated heterocycles. The molecule has 0 bridgehead atoms. The summed E-state index contributed by atoms with van der Waals surface area (Å²) in [4.78, 5) is 21.0. The smallest absolute Gasteiger partial charge is 0.253 e. The zero-order valence-corrected chi connectivity index (χ0v) is 20.8. The summed E-state index contributed by atoms with van der Waals surface area (Å²) in [7, 11) is -3.54. The van der Waals surface area contributed by atoms with Crippen molar-refractivity contribution >= 4 is 32.4 Å². The average Bonchev–Trinajstić information content (AvgIpc) is 3.54. The van der Waals surface area contributed by atoms with Crippen LogP contribution >= 0.6 is 11.3 Å². The second kappa shape index (κ2) is 10.4. The second-order valence-corrected chi connectivity index (χ2v) is 11.3. The molecule has 0 radical (unpaired) electrons. The highest BCUT2D eigenvalue weighted by Crippen LogP contribution is 2.28. The number of amides is 1. The van der Waals surface area contributed by atoms with Crippen molar-refractivity contribution in [3.8, 4) is 22.4 Å². The van der Waals surface area contributed by atoms with Crippen LogP contribution in [0.2, 0.25) is 0 Å². The number of carbonyl (C=O) groups excluding carboxylic acids is 1. The maximum absolute atomic E-state index is 12.4. The average molecular weight is 512 g/mol. The number of pyridine rings is 1. The van der Waals surface area contributed by atoms with E-state index in [9.17, 15) is 18.3 Å². The van der Waals surface area contributed by atoms with Gasteiger partial charge in [0.2, 0.25) is 10.0 Å². The first-order valence-electron chi connectivity index (χ1n) is 10.9. The third-order valence-corrected chi connectivity index (χ3v) is 8.02. The Bertz CT molecular complexity index is 1410. The number of thiazole rings is 1. The van der Waals surface area contributed by atoms with Gasteiger partial charge in [0, 0.05) is 35.7 Å². The third kappa shape index (κ3) is 5.76. The monoisotopic (exact) mass is 511 g/mol. The second-order valence-electron chi connectivity index (χ2n) is 8.05. The van der Waals surface area contributed by atoms with Crippen LogP contribution in [0.4, 0.5) is 5.13 Å². The normalized spacial score (nSPS) is 12.5. The quantitative estimate of drug-likeness (QED) is 0.294. The molecule has 0 aliphatic carbocycles. The summed E-state index contributed by atoms with van der Waals surface area (Å²) >= 11 is 1.34. The highest BCUT2D eigenvalue weighted by atomic mass is 32.2. The van der Waals surface area contributed by atoms with Gasteiger partial charge in [-0.15, -0.1) is 11.3 Å². The molecule has 1 aromatic carbocycles. The highest BCUT2D eigenvalue weighted by Gasteiger charge is 2.20. The fraction of sp³-hybridized carbons (Fsp3) is 0.208. The predicted molar refractivity (Wildman–Crippen MR) is 137 cm³/mol. The van der Waals surface area contributed by atoms with E-state index in [1.807, 2.05) is 41.8 Å². The summed E-state index contributed by atoms with van der Waals surface area (Å²) in [6, 6.07) is 13.3. The molecule has 0 spiro atoms. The molecule has 11 heteroatoms. The largest absolute Gasteiger partial charge is 0.372 e. The molecule has 9 nitrogen and oxygen atoms in total. The zero-order valence-electron chi connectivity index (χ0n) is 19.1. The van der Waals surface area contributed by atoms with E-state index in [2.05, 4.69) is 20.6 Å². The standard InChI is InChI=1S/C24H25N5O4S2/c1-16(2)35(32,33)29-11-8-20(14-29)23(31)26-13-22(30)28-24-27-21(15-34-24)19-5-3-4-18(12-19)17-6-9-25-10-7-17/h3-12,14-16,22,30H,13H2,1-2H3,(H,26,31)(H,27,28). The van der Waals surface area contributed by atoms with Crippen molar-refractivity contribution in [2.75, 3.05) is 11.9 Å². The molecule has 0 aliphatic rings. The molecule has 4 rings (SSSR count). The number of hydrogen-bond donors (Lipinski definition) is 3. The van der Waals surface area contributed by atoms with Crippen LogP contribution in [0.3, 0.4) is 0 Å². The van der Waals surface area contributed by atoms with Crippen molar-refractivity contribution < 1.29 is 18.3 Å². The fourth-order valence-corrected chi connectivity index (χ4v) is 5.02. The van der Waals surface area contributed by atoms with E-state index < -0.39 is 27.4 Å². The number of benzene rings is 1. The Balaban J connectivity index is 1.35. The number of carbonyl (C=O) groups is 1. The van der Waals surface area contributed by atoms with E-state index in [-0.39, 0.29) is 12.1 Å². The first-order valence-corrected chi connectivity index (χ1v) is 13.2. The van der Waals surface area contributed by atoms with E-state index in [1.165, 1.54) is 29.8 Å². The molecule has 0 saturated carbocycles. The van der Waals surface area contributed by atoms with Crippen LogP contribution in [0.5, 0.6) is 0 Å². The SMILES string of the molecule is CC(C)S(=O)(=O)n1ccc(C(=O)NCC(O)Nc2nc(-c3cccc(-c4ccncc4)c3)cs2)c1. The highest BCUT2D eigenvalue weighted by molar-refractivity contribution is 7.90. The Morgan fingerprint density at radius 1 is 1.11 bits per heavy atom. The van der Waals surface area contributed by atoms with Gasteiger partial charge in [-0.2, -0.15) is 0 Å². The minimum atomic E-state index is -3.54. The fourth-order valence-electron chi connectivity index (χ4n) is 3.27. The minimum absolute atomic E-state index is 0.0899. The molecule has 4 aromatic rings. The van der Waals surface area contributed by atoms with E-state index in [1.54, 1.807) is 26.2 Å². The molecule has 182 valence electrons. The van der Waals surface area contributed by atoms with Crippen LogP contribution in [0.15, 0.2) is 72.6 Å². The Kier molecular flexibility index (Phi) is 7.29. The maximum atomic E-state index is 12.4. The van der Waals surface area contributed by atoms with E-state index in [4.69, 9.17) is 0 Å². The lowest BCUT2D eigenvalue weighted by Gasteiger charge is -2.12. The number of anilines is 1. The summed E-state index contributed by atoms with van der Waals surface area (Å²) < 4.78 is 25.4. The molecule has 1 unspecified atom stereocenters. The van der Waals surface area contributed by atoms with Crippen LogP contribution in [0, 0.1) is 0 Å². The van der Waals surface area contributed by atoms with Gasteiger partial charge in [0.15, 0.2) is 5.13 Å². The van der Waals surface area contributed by atoms with Gasteiger partial charge in [0.25, 0.3) is 5.91 Å². The van der Waals surface area contributed by atoms with Gasteiger partial charge in [-0.1, -0.05) is 18.2 Å². The first kappa shape index (κ1) is 24.6. The summed E-state index contributed by atoms with van der Waals surface area (Å²) in [6.45, 7) is 3.05. The molecule has 0 aliphatic heterocycles. The molecule has 3 N–H and O–H groups in total. The van der Waals surface area contributed by atoms with Gasteiger partial charge < -0.3 is 15.7 Å². The van der Waals surface area contributed by atoms with Gasteiger partial charge in [0.1, 0.15) is 6.23 Å². The van der Waals surface area contributed by atoms with Crippen molar-refractivity contribution in [2.24, 2.45) is 0 Å². The van der Waals surface area contributed by atoms with E-state index in [0.29, 0.717) is 5.13 Å². The summed E-state index contributed by atoms with van der Waals surface area (Å²) in [5.41, 5.74) is 3.99. The lowest BCUT2D eigenvalue weighted by molar-refractivity contribution is 0.0927. The van der Waals surface area contributed by atoms with Gasteiger partial charge in [-0.3, -0.25) is 13.8 Å². The zero-order chi connectivity index (χ0) is 25.0. The van der Waals surface area contributed by atoms with Gasteiger partial charge in [-0.05, 0) is 49.2 Å².